The second-order valence-electron chi connectivity index (χ2n) is 6.11. The fourth-order valence-corrected chi connectivity index (χ4v) is 3.15. The van der Waals surface area contributed by atoms with Crippen molar-refractivity contribution >= 4 is 34.9 Å². The molecule has 0 aromatic heterocycles. The minimum absolute atomic E-state index is 0.228. The van der Waals surface area contributed by atoms with Gasteiger partial charge in [0, 0.05) is 11.0 Å². The van der Waals surface area contributed by atoms with Gasteiger partial charge in [-0.2, -0.15) is 0 Å². The highest BCUT2D eigenvalue weighted by molar-refractivity contribution is 6.40. The Morgan fingerprint density at radius 2 is 1.65 bits per heavy atom. The van der Waals surface area contributed by atoms with Gasteiger partial charge >= 0.3 is 5.97 Å². The van der Waals surface area contributed by atoms with Crippen molar-refractivity contribution in [1.29, 1.82) is 0 Å². The van der Waals surface area contributed by atoms with E-state index < -0.39 is 45.9 Å². The molecule has 1 fully saturated rings. The predicted octanol–water partition coefficient (Wildman–Crippen LogP) is 2.06. The SMILES string of the molecule is COC(=O)C1C(=O)C(C(=O)c2ccccc2)C(=O)C(Cl)C1(C)C. The summed E-state index contributed by atoms with van der Waals surface area (Å²) in [5.74, 6) is -5.68. The van der Waals surface area contributed by atoms with E-state index in [9.17, 15) is 19.2 Å². The number of hydrogen-bond donors (Lipinski definition) is 0. The molecule has 1 aliphatic carbocycles. The second-order valence-corrected chi connectivity index (χ2v) is 6.54. The summed E-state index contributed by atoms with van der Waals surface area (Å²) >= 11 is 6.18. The highest BCUT2D eigenvalue weighted by Crippen LogP contribution is 2.43. The number of halogens is 1. The molecule has 0 radical (unpaired) electrons. The van der Waals surface area contributed by atoms with Gasteiger partial charge in [-0.15, -0.1) is 11.6 Å². The Labute approximate surface area is 139 Å². The van der Waals surface area contributed by atoms with Gasteiger partial charge in [-0.3, -0.25) is 19.2 Å². The molecule has 23 heavy (non-hydrogen) atoms. The zero-order chi connectivity index (χ0) is 17.4. The lowest BCUT2D eigenvalue weighted by molar-refractivity contribution is -0.159. The first-order chi connectivity index (χ1) is 10.7. The summed E-state index contributed by atoms with van der Waals surface area (Å²) < 4.78 is 4.67. The molecule has 3 unspecified atom stereocenters. The van der Waals surface area contributed by atoms with Crippen LogP contribution in [0.25, 0.3) is 0 Å². The molecule has 0 aliphatic heterocycles. The number of hydrogen-bond acceptors (Lipinski definition) is 5. The lowest BCUT2D eigenvalue weighted by Crippen LogP contribution is -2.58. The first-order valence-electron chi connectivity index (χ1n) is 7.12. The van der Waals surface area contributed by atoms with Crippen LogP contribution in [-0.2, 0) is 19.1 Å². The van der Waals surface area contributed by atoms with Gasteiger partial charge in [0.1, 0.15) is 11.8 Å². The van der Waals surface area contributed by atoms with Gasteiger partial charge in [0.15, 0.2) is 17.3 Å². The molecule has 1 aromatic carbocycles. The number of carbonyl (C=O) groups is 4. The Morgan fingerprint density at radius 1 is 1.09 bits per heavy atom. The molecule has 0 spiro atoms. The molecule has 1 aromatic rings. The molecule has 0 amide bonds. The van der Waals surface area contributed by atoms with Crippen molar-refractivity contribution in [3.63, 3.8) is 0 Å². The van der Waals surface area contributed by atoms with E-state index in [1.165, 1.54) is 12.1 Å². The molecule has 0 N–H and O–H groups in total. The predicted molar refractivity (Wildman–Crippen MR) is 83.2 cm³/mol. The van der Waals surface area contributed by atoms with Crippen LogP contribution in [0.15, 0.2) is 30.3 Å². The first kappa shape index (κ1) is 17.3. The number of methoxy groups -OCH3 is 1. The van der Waals surface area contributed by atoms with Gasteiger partial charge in [-0.1, -0.05) is 44.2 Å². The summed E-state index contributed by atoms with van der Waals surface area (Å²) in [6.07, 6.45) is 0. The maximum absolute atomic E-state index is 12.7. The van der Waals surface area contributed by atoms with Crippen molar-refractivity contribution in [3.05, 3.63) is 35.9 Å². The normalized spacial score (nSPS) is 26.7. The van der Waals surface area contributed by atoms with Crippen LogP contribution in [-0.4, -0.2) is 35.8 Å². The smallest absolute Gasteiger partial charge is 0.316 e. The van der Waals surface area contributed by atoms with Crippen LogP contribution in [0.3, 0.4) is 0 Å². The number of rotatable bonds is 3. The fourth-order valence-electron chi connectivity index (χ4n) is 2.90. The summed E-state index contributed by atoms with van der Waals surface area (Å²) in [4.78, 5) is 49.8. The second kappa shape index (κ2) is 6.24. The van der Waals surface area contributed by atoms with E-state index in [4.69, 9.17) is 11.6 Å². The molecular formula is C17H17ClO5. The van der Waals surface area contributed by atoms with E-state index in [1.807, 2.05) is 0 Å². The minimum Gasteiger partial charge on any atom is -0.468 e. The highest BCUT2D eigenvalue weighted by Gasteiger charge is 2.58. The molecule has 1 aliphatic rings. The van der Waals surface area contributed by atoms with Crippen LogP contribution in [0.5, 0.6) is 0 Å². The van der Waals surface area contributed by atoms with E-state index in [0.717, 1.165) is 7.11 Å². The highest BCUT2D eigenvalue weighted by atomic mass is 35.5. The van der Waals surface area contributed by atoms with Crippen LogP contribution in [0.1, 0.15) is 24.2 Å². The molecule has 0 saturated heterocycles. The van der Waals surface area contributed by atoms with Crippen LogP contribution in [0.4, 0.5) is 0 Å². The average Bonchev–Trinajstić information content (AvgIpc) is 2.53. The molecule has 6 heteroatoms. The molecule has 5 nitrogen and oxygen atoms in total. The lowest BCUT2D eigenvalue weighted by atomic mass is 9.62. The van der Waals surface area contributed by atoms with E-state index in [0.29, 0.717) is 0 Å². The number of carbonyl (C=O) groups excluding carboxylic acids is 4. The summed E-state index contributed by atoms with van der Waals surface area (Å²) in [7, 11) is 1.15. The van der Waals surface area contributed by atoms with Crippen LogP contribution in [0.2, 0.25) is 0 Å². The Balaban J connectivity index is 2.48. The van der Waals surface area contributed by atoms with Gasteiger partial charge in [-0.05, 0) is 0 Å². The van der Waals surface area contributed by atoms with Gasteiger partial charge in [0.05, 0.1) is 12.5 Å². The first-order valence-corrected chi connectivity index (χ1v) is 7.55. The molecular weight excluding hydrogens is 320 g/mol. The third kappa shape index (κ3) is 2.81. The van der Waals surface area contributed by atoms with Crippen molar-refractivity contribution in [2.75, 3.05) is 7.11 Å². The molecule has 0 heterocycles. The third-order valence-electron chi connectivity index (χ3n) is 4.26. The Kier molecular flexibility index (Phi) is 4.71. The van der Waals surface area contributed by atoms with Crippen molar-refractivity contribution in [2.24, 2.45) is 17.3 Å². The number of alkyl halides is 1. The van der Waals surface area contributed by atoms with Crippen molar-refractivity contribution in [1.82, 2.24) is 0 Å². The zero-order valence-electron chi connectivity index (χ0n) is 13.0. The monoisotopic (exact) mass is 336 g/mol. The lowest BCUT2D eigenvalue weighted by Gasteiger charge is -2.41. The number of ketones is 3. The van der Waals surface area contributed by atoms with Gasteiger partial charge < -0.3 is 4.74 Å². The van der Waals surface area contributed by atoms with Crippen LogP contribution in [0, 0.1) is 17.3 Å². The number of benzene rings is 1. The largest absolute Gasteiger partial charge is 0.468 e. The summed E-state index contributed by atoms with van der Waals surface area (Å²) in [5, 5.41) is -1.14. The van der Waals surface area contributed by atoms with Gasteiger partial charge in [0.2, 0.25) is 0 Å². The minimum atomic E-state index is -1.57. The Morgan fingerprint density at radius 3 is 2.17 bits per heavy atom. The molecule has 2 rings (SSSR count). The Hall–Kier alpha value is -2.01. The van der Waals surface area contributed by atoms with Crippen LogP contribution < -0.4 is 0 Å². The maximum Gasteiger partial charge on any atom is 0.316 e. The third-order valence-corrected chi connectivity index (χ3v) is 5.04. The topological polar surface area (TPSA) is 77.5 Å². The number of esters is 1. The van der Waals surface area contributed by atoms with Crippen molar-refractivity contribution < 1.29 is 23.9 Å². The van der Waals surface area contributed by atoms with Crippen molar-refractivity contribution in [3.8, 4) is 0 Å². The standard InChI is InChI=1S/C17H17ClO5/c1-17(2)11(16(22)23-3)13(20)10(14(21)15(17)18)12(19)9-7-5-4-6-8-9/h4-8,10-11,15H,1-3H3. The van der Waals surface area contributed by atoms with Crippen molar-refractivity contribution in [2.45, 2.75) is 19.2 Å². The molecule has 0 bridgehead atoms. The zero-order valence-corrected chi connectivity index (χ0v) is 13.8. The molecule has 1 saturated carbocycles. The molecule has 3 atom stereocenters. The van der Waals surface area contributed by atoms with E-state index >= 15 is 0 Å². The summed E-state index contributed by atoms with van der Waals surface area (Å²) in [6.45, 7) is 3.09. The number of Topliss-reactive ketones (excluding diaryl/α,β-unsaturated/α-hetero) is 3. The average molecular weight is 337 g/mol. The quantitative estimate of drug-likeness (QED) is 0.365. The van der Waals surface area contributed by atoms with E-state index in [2.05, 4.69) is 4.74 Å². The number of ether oxygens (including phenoxy) is 1. The maximum atomic E-state index is 12.7. The molecule has 122 valence electrons. The van der Waals surface area contributed by atoms with Gasteiger partial charge in [-0.25, -0.2) is 0 Å². The van der Waals surface area contributed by atoms with E-state index in [1.54, 1.807) is 32.0 Å². The summed E-state index contributed by atoms with van der Waals surface area (Å²) in [5.41, 5.74) is -0.901. The van der Waals surface area contributed by atoms with E-state index in [-0.39, 0.29) is 5.56 Å². The Bertz CT molecular complexity index is 665. The van der Waals surface area contributed by atoms with Gasteiger partial charge in [0.25, 0.3) is 0 Å². The fraction of sp³-hybridized carbons (Fsp3) is 0.412. The van der Waals surface area contributed by atoms with Crippen LogP contribution >= 0.6 is 11.6 Å². The summed E-state index contributed by atoms with van der Waals surface area (Å²) in [6, 6.07) is 8.00.